The summed E-state index contributed by atoms with van der Waals surface area (Å²) >= 11 is 1.85. The van der Waals surface area contributed by atoms with Crippen LogP contribution >= 0.6 is 11.8 Å². The van der Waals surface area contributed by atoms with Gasteiger partial charge in [-0.15, -0.1) is 0 Å². The number of nitrogens with one attached hydrogen (secondary N) is 1. The fraction of sp³-hybridized carbons (Fsp3) is 0.810. The van der Waals surface area contributed by atoms with Crippen LogP contribution in [0.25, 0.3) is 0 Å². The van der Waals surface area contributed by atoms with Crippen LogP contribution in [0.3, 0.4) is 0 Å². The zero-order valence-corrected chi connectivity index (χ0v) is 18.6. The normalized spacial score (nSPS) is 27.3. The molecule has 0 aliphatic heterocycles. The molecule has 5 nitrogen and oxygen atoms in total. The van der Waals surface area contributed by atoms with Crippen molar-refractivity contribution in [3.63, 3.8) is 0 Å². The highest BCUT2D eigenvalue weighted by Crippen LogP contribution is 2.61. The molecule has 1 amide bonds. The number of hydrogen-bond acceptors (Lipinski definition) is 5. The van der Waals surface area contributed by atoms with Crippen LogP contribution < -0.4 is 5.32 Å². The van der Waals surface area contributed by atoms with Crippen molar-refractivity contribution >= 4 is 23.8 Å². The third kappa shape index (κ3) is 5.90. The Hall–Kier alpha value is -1.17. The Morgan fingerprint density at radius 2 is 1.93 bits per heavy atom. The van der Waals surface area contributed by atoms with Crippen LogP contribution in [0.1, 0.15) is 60.8 Å². The number of allylic oxidation sites excluding steroid dienone is 1. The van der Waals surface area contributed by atoms with Gasteiger partial charge in [0.05, 0.1) is 0 Å². The molecule has 0 spiro atoms. The molecular weight excluding hydrogens is 362 g/mol. The van der Waals surface area contributed by atoms with E-state index in [-0.39, 0.29) is 17.5 Å². The van der Waals surface area contributed by atoms with E-state index in [1.165, 1.54) is 12.5 Å². The Labute approximate surface area is 168 Å². The Morgan fingerprint density at radius 1 is 1.26 bits per heavy atom. The molecular formula is C21H35NO4S. The highest BCUT2D eigenvalue weighted by Gasteiger charge is 2.57. The van der Waals surface area contributed by atoms with Gasteiger partial charge >= 0.3 is 12.1 Å². The lowest BCUT2D eigenvalue weighted by molar-refractivity contribution is -0.161. The monoisotopic (exact) mass is 397 g/mol. The predicted octanol–water partition coefficient (Wildman–Crippen LogP) is 4.56. The number of carbonyl (C=O) groups is 2. The Kier molecular flexibility index (Phi) is 6.60. The molecule has 0 aromatic heterocycles. The number of thioether (sulfide) groups is 1. The van der Waals surface area contributed by atoms with Crippen LogP contribution in [0.2, 0.25) is 0 Å². The lowest BCUT2D eigenvalue weighted by atomic mass is 9.52. The van der Waals surface area contributed by atoms with E-state index in [0.717, 1.165) is 25.0 Å². The first-order valence-electron chi connectivity index (χ1n) is 9.71. The summed E-state index contributed by atoms with van der Waals surface area (Å²) in [6.07, 6.45) is 7.05. The molecule has 6 heteroatoms. The first kappa shape index (κ1) is 22.1. The van der Waals surface area contributed by atoms with Gasteiger partial charge in [0.1, 0.15) is 11.2 Å². The summed E-state index contributed by atoms with van der Waals surface area (Å²) in [5.74, 6) is 1.86. The van der Waals surface area contributed by atoms with Gasteiger partial charge in [-0.3, -0.25) is 4.79 Å². The van der Waals surface area contributed by atoms with Gasteiger partial charge in [0.2, 0.25) is 0 Å². The molecule has 0 unspecified atom stereocenters. The Bertz CT molecular complexity index is 608. The smallest absolute Gasteiger partial charge is 0.407 e. The van der Waals surface area contributed by atoms with Gasteiger partial charge < -0.3 is 14.8 Å². The third-order valence-electron chi connectivity index (χ3n) is 5.33. The van der Waals surface area contributed by atoms with E-state index in [0.29, 0.717) is 18.4 Å². The van der Waals surface area contributed by atoms with Crippen LogP contribution in [0.15, 0.2) is 11.6 Å². The molecule has 0 radical (unpaired) electrons. The van der Waals surface area contributed by atoms with Gasteiger partial charge in [0.25, 0.3) is 0 Å². The lowest BCUT2D eigenvalue weighted by Gasteiger charge is -2.55. The number of alkyl carbamates (subject to hydrolysis) is 1. The molecule has 0 aromatic rings. The van der Waals surface area contributed by atoms with Crippen LogP contribution in [-0.4, -0.2) is 41.8 Å². The van der Waals surface area contributed by atoms with Crippen molar-refractivity contribution in [3.05, 3.63) is 11.6 Å². The minimum atomic E-state index is -0.567. The SMILES string of the molecule is CSCC1=C[C@H]2[C@@H](C1)C[C@@]2(CNC(=O)OC(C)(C)C)CC(C)(C)OC(C)=O. The molecule has 2 aliphatic rings. The molecule has 0 saturated heterocycles. The van der Waals surface area contributed by atoms with E-state index in [1.807, 2.05) is 46.4 Å². The van der Waals surface area contributed by atoms with Gasteiger partial charge in [-0.05, 0) is 77.4 Å². The molecule has 1 N–H and O–H groups in total. The van der Waals surface area contributed by atoms with E-state index in [4.69, 9.17) is 9.47 Å². The predicted molar refractivity (Wildman–Crippen MR) is 110 cm³/mol. The van der Waals surface area contributed by atoms with E-state index in [2.05, 4.69) is 17.6 Å². The standard InChI is InChI=1S/C21H35NO4S/c1-14(23)25-20(5,6)12-21(13-22-18(24)26-19(2,3)4)10-16-8-15(11-27-7)9-17(16)21/h9,16-17H,8,10-13H2,1-7H3,(H,22,24)/t16-,17-,21-/m0/s1. The summed E-state index contributed by atoms with van der Waals surface area (Å²) in [6.45, 7) is 11.5. The molecule has 27 heavy (non-hydrogen) atoms. The van der Waals surface area contributed by atoms with E-state index in [1.54, 1.807) is 0 Å². The zero-order chi connectivity index (χ0) is 20.5. The number of carbonyl (C=O) groups excluding carboxylic acids is 2. The zero-order valence-electron chi connectivity index (χ0n) is 17.8. The van der Waals surface area contributed by atoms with Gasteiger partial charge in [-0.25, -0.2) is 4.79 Å². The fourth-order valence-electron chi connectivity index (χ4n) is 4.87. The molecule has 0 heterocycles. The summed E-state index contributed by atoms with van der Waals surface area (Å²) in [6, 6.07) is 0. The van der Waals surface area contributed by atoms with Crippen molar-refractivity contribution in [2.45, 2.75) is 72.0 Å². The lowest BCUT2D eigenvalue weighted by Crippen LogP contribution is -2.55. The second-order valence-electron chi connectivity index (χ2n) is 9.70. The Morgan fingerprint density at radius 3 is 2.48 bits per heavy atom. The molecule has 2 aliphatic carbocycles. The van der Waals surface area contributed by atoms with Crippen molar-refractivity contribution < 1.29 is 19.1 Å². The molecule has 2 rings (SSSR count). The van der Waals surface area contributed by atoms with Crippen molar-refractivity contribution in [2.75, 3.05) is 18.6 Å². The number of esters is 1. The number of ether oxygens (including phenoxy) is 2. The second kappa shape index (κ2) is 8.06. The van der Waals surface area contributed by atoms with Crippen LogP contribution in [0.4, 0.5) is 4.79 Å². The highest BCUT2D eigenvalue weighted by atomic mass is 32.2. The average molecular weight is 398 g/mol. The summed E-state index contributed by atoms with van der Waals surface area (Å²) in [4.78, 5) is 23.7. The van der Waals surface area contributed by atoms with Crippen LogP contribution in [0, 0.1) is 17.3 Å². The molecule has 1 fully saturated rings. The number of rotatable bonds is 7. The average Bonchev–Trinajstić information content (AvgIpc) is 2.79. The van der Waals surface area contributed by atoms with Crippen molar-refractivity contribution in [3.8, 4) is 0 Å². The molecule has 3 atom stereocenters. The minimum Gasteiger partial charge on any atom is -0.460 e. The summed E-state index contributed by atoms with van der Waals surface area (Å²) < 4.78 is 11.0. The highest BCUT2D eigenvalue weighted by molar-refractivity contribution is 7.98. The summed E-state index contributed by atoms with van der Waals surface area (Å²) in [5.41, 5.74) is 0.320. The van der Waals surface area contributed by atoms with E-state index >= 15 is 0 Å². The van der Waals surface area contributed by atoms with Crippen LogP contribution in [0.5, 0.6) is 0 Å². The largest absolute Gasteiger partial charge is 0.460 e. The van der Waals surface area contributed by atoms with E-state index < -0.39 is 11.2 Å². The molecule has 154 valence electrons. The molecule has 0 bridgehead atoms. The van der Waals surface area contributed by atoms with Gasteiger partial charge in [-0.1, -0.05) is 11.6 Å². The van der Waals surface area contributed by atoms with E-state index in [9.17, 15) is 9.59 Å². The molecule has 1 saturated carbocycles. The number of fused-ring (bicyclic) bond motifs is 1. The van der Waals surface area contributed by atoms with Crippen molar-refractivity contribution in [1.82, 2.24) is 5.32 Å². The quantitative estimate of drug-likeness (QED) is 0.504. The van der Waals surface area contributed by atoms with Gasteiger partial charge in [0, 0.05) is 19.2 Å². The maximum atomic E-state index is 12.2. The summed E-state index contributed by atoms with van der Waals surface area (Å²) in [5, 5.41) is 2.98. The fourth-order valence-corrected chi connectivity index (χ4v) is 5.45. The first-order valence-corrected chi connectivity index (χ1v) is 11.1. The van der Waals surface area contributed by atoms with Crippen LogP contribution in [-0.2, 0) is 14.3 Å². The van der Waals surface area contributed by atoms with Gasteiger partial charge in [-0.2, -0.15) is 11.8 Å². The number of amides is 1. The Balaban J connectivity index is 2.13. The van der Waals surface area contributed by atoms with Crippen molar-refractivity contribution in [2.24, 2.45) is 17.3 Å². The third-order valence-corrected chi connectivity index (χ3v) is 5.99. The minimum absolute atomic E-state index is 0.0965. The molecule has 0 aromatic carbocycles. The first-order chi connectivity index (χ1) is 12.4. The van der Waals surface area contributed by atoms with Gasteiger partial charge in [0.15, 0.2) is 0 Å². The van der Waals surface area contributed by atoms with Crippen molar-refractivity contribution in [1.29, 1.82) is 0 Å². The number of hydrogen-bond donors (Lipinski definition) is 1. The maximum absolute atomic E-state index is 12.2. The topological polar surface area (TPSA) is 64.6 Å². The second-order valence-corrected chi connectivity index (χ2v) is 10.6. The summed E-state index contributed by atoms with van der Waals surface area (Å²) in [7, 11) is 0. The maximum Gasteiger partial charge on any atom is 0.407 e.